The summed E-state index contributed by atoms with van der Waals surface area (Å²) in [6.45, 7) is 1.91. The second kappa shape index (κ2) is 5.83. The number of nitrogen functional groups attached to an aromatic ring is 1. The Morgan fingerprint density at radius 2 is 1.94 bits per heavy atom. The van der Waals surface area contributed by atoms with Gasteiger partial charge in [-0.25, -0.2) is 14.4 Å². The van der Waals surface area contributed by atoms with Crippen molar-refractivity contribution in [3.63, 3.8) is 0 Å². The van der Waals surface area contributed by atoms with Crippen LogP contribution in [0.5, 0.6) is 0 Å². The highest BCUT2D eigenvalue weighted by atomic mass is 127. The van der Waals surface area contributed by atoms with Crippen LogP contribution in [-0.2, 0) is 5.75 Å². The molecule has 3 nitrogen and oxygen atoms in total. The summed E-state index contributed by atoms with van der Waals surface area (Å²) in [7, 11) is 0. The Hall–Kier alpha value is -0.890. The first kappa shape index (κ1) is 13.5. The molecule has 0 amide bonds. The molecule has 0 aliphatic carbocycles. The molecule has 18 heavy (non-hydrogen) atoms. The third-order valence-electron chi connectivity index (χ3n) is 2.27. The van der Waals surface area contributed by atoms with Crippen molar-refractivity contribution in [2.45, 2.75) is 17.6 Å². The Balaban J connectivity index is 2.08. The van der Waals surface area contributed by atoms with Crippen molar-refractivity contribution in [1.82, 2.24) is 9.97 Å². The number of hydrogen-bond donors (Lipinski definition) is 1. The van der Waals surface area contributed by atoms with Crippen LogP contribution in [0.2, 0.25) is 0 Å². The summed E-state index contributed by atoms with van der Waals surface area (Å²) in [6.07, 6.45) is 0. The van der Waals surface area contributed by atoms with Gasteiger partial charge in [0, 0.05) is 4.90 Å². The molecule has 0 fully saturated rings. The molecule has 0 saturated carbocycles. The zero-order valence-electron chi connectivity index (χ0n) is 9.65. The summed E-state index contributed by atoms with van der Waals surface area (Å²) in [5, 5.41) is 0. The molecule has 2 rings (SSSR count). The van der Waals surface area contributed by atoms with Gasteiger partial charge in [-0.1, -0.05) is 0 Å². The zero-order chi connectivity index (χ0) is 13.1. The Kier molecular flexibility index (Phi) is 4.39. The fraction of sp³-hybridized carbons (Fsp3) is 0.167. The lowest BCUT2D eigenvalue weighted by Gasteiger charge is -2.05. The first-order chi connectivity index (χ1) is 8.56. The highest BCUT2D eigenvalue weighted by Gasteiger charge is 2.06. The topological polar surface area (TPSA) is 51.8 Å². The average Bonchev–Trinajstić information content (AvgIpc) is 2.35. The molecule has 0 aliphatic heterocycles. The molecule has 94 valence electrons. The summed E-state index contributed by atoms with van der Waals surface area (Å²) in [5.41, 5.74) is 6.68. The summed E-state index contributed by atoms with van der Waals surface area (Å²) in [6, 6.07) is 6.36. The lowest BCUT2D eigenvalue weighted by molar-refractivity contribution is 0.626. The predicted octanol–water partition coefficient (Wildman–Crippen LogP) is 3.40. The van der Waals surface area contributed by atoms with Gasteiger partial charge in [0.15, 0.2) is 0 Å². The quantitative estimate of drug-likeness (QED) is 0.660. The van der Waals surface area contributed by atoms with E-state index in [1.807, 2.05) is 6.92 Å². The maximum atomic E-state index is 12.7. The van der Waals surface area contributed by atoms with Crippen LogP contribution in [0.1, 0.15) is 11.5 Å². The SMILES string of the molecule is Cc1nc(CSc2ccc(F)cc2)nc(N)c1I. The van der Waals surface area contributed by atoms with Gasteiger partial charge in [0.2, 0.25) is 0 Å². The predicted molar refractivity (Wildman–Crippen MR) is 79.9 cm³/mol. The van der Waals surface area contributed by atoms with Gasteiger partial charge in [-0.2, -0.15) is 0 Å². The molecule has 0 radical (unpaired) electrons. The van der Waals surface area contributed by atoms with Crippen LogP contribution in [0.4, 0.5) is 10.2 Å². The van der Waals surface area contributed by atoms with Gasteiger partial charge in [-0.15, -0.1) is 11.8 Å². The highest BCUT2D eigenvalue weighted by Crippen LogP contribution is 2.23. The molecule has 2 aromatic rings. The molecule has 2 N–H and O–H groups in total. The monoisotopic (exact) mass is 375 g/mol. The van der Waals surface area contributed by atoms with Gasteiger partial charge in [0.05, 0.1) is 15.0 Å². The summed E-state index contributed by atoms with van der Waals surface area (Å²) >= 11 is 3.69. The van der Waals surface area contributed by atoms with Gasteiger partial charge >= 0.3 is 0 Å². The molecule has 0 atom stereocenters. The molecule has 0 bridgehead atoms. The Morgan fingerprint density at radius 1 is 1.28 bits per heavy atom. The summed E-state index contributed by atoms with van der Waals surface area (Å²) in [4.78, 5) is 9.58. The van der Waals surface area contributed by atoms with E-state index in [0.29, 0.717) is 17.4 Å². The van der Waals surface area contributed by atoms with Gasteiger partial charge in [0.25, 0.3) is 0 Å². The Labute approximate surface area is 123 Å². The first-order valence-corrected chi connectivity index (χ1v) is 7.29. The molecule has 0 aliphatic rings. The summed E-state index contributed by atoms with van der Waals surface area (Å²) in [5.74, 6) is 1.59. The Morgan fingerprint density at radius 3 is 2.56 bits per heavy atom. The number of rotatable bonds is 3. The second-order valence-corrected chi connectivity index (χ2v) is 5.79. The van der Waals surface area contributed by atoms with Crippen molar-refractivity contribution in [3.05, 3.63) is 45.2 Å². The molecular formula is C12H11FIN3S. The fourth-order valence-electron chi connectivity index (χ4n) is 1.38. The molecule has 0 spiro atoms. The van der Waals surface area contributed by atoms with Gasteiger partial charge < -0.3 is 5.73 Å². The van der Waals surface area contributed by atoms with Crippen LogP contribution in [0, 0.1) is 16.3 Å². The average molecular weight is 375 g/mol. The van der Waals surface area contributed by atoms with Crippen LogP contribution in [-0.4, -0.2) is 9.97 Å². The van der Waals surface area contributed by atoms with Crippen LogP contribution in [0.25, 0.3) is 0 Å². The van der Waals surface area contributed by atoms with E-state index in [0.717, 1.165) is 14.2 Å². The van der Waals surface area contributed by atoms with Crippen LogP contribution in [0.3, 0.4) is 0 Å². The second-order valence-electron chi connectivity index (χ2n) is 3.67. The van der Waals surface area contributed by atoms with Crippen LogP contribution in [0.15, 0.2) is 29.2 Å². The maximum absolute atomic E-state index is 12.7. The van der Waals surface area contributed by atoms with E-state index in [-0.39, 0.29) is 5.82 Å². The van der Waals surface area contributed by atoms with Gasteiger partial charge in [0.1, 0.15) is 17.5 Å². The first-order valence-electron chi connectivity index (χ1n) is 5.23. The third kappa shape index (κ3) is 3.32. The molecule has 1 aromatic carbocycles. The molecule has 1 heterocycles. The lowest BCUT2D eigenvalue weighted by atomic mass is 10.4. The van der Waals surface area contributed by atoms with Crippen LogP contribution < -0.4 is 5.73 Å². The van der Waals surface area contributed by atoms with E-state index in [4.69, 9.17) is 5.73 Å². The van der Waals surface area contributed by atoms with Crippen LogP contribution >= 0.6 is 34.4 Å². The van der Waals surface area contributed by atoms with Gasteiger partial charge in [-0.3, -0.25) is 0 Å². The van der Waals surface area contributed by atoms with E-state index in [1.54, 1.807) is 23.9 Å². The van der Waals surface area contributed by atoms with Crippen molar-refractivity contribution in [1.29, 1.82) is 0 Å². The van der Waals surface area contributed by atoms with E-state index in [2.05, 4.69) is 32.6 Å². The zero-order valence-corrected chi connectivity index (χ0v) is 12.6. The van der Waals surface area contributed by atoms with Crippen molar-refractivity contribution in [2.24, 2.45) is 0 Å². The maximum Gasteiger partial charge on any atom is 0.141 e. The lowest BCUT2D eigenvalue weighted by Crippen LogP contribution is -2.04. The number of aryl methyl sites for hydroxylation is 1. The van der Waals surface area contributed by atoms with E-state index >= 15 is 0 Å². The number of thioether (sulfide) groups is 1. The van der Waals surface area contributed by atoms with Crippen molar-refractivity contribution in [2.75, 3.05) is 5.73 Å². The smallest absolute Gasteiger partial charge is 0.141 e. The highest BCUT2D eigenvalue weighted by molar-refractivity contribution is 14.1. The third-order valence-corrected chi connectivity index (χ3v) is 4.61. The number of benzene rings is 1. The van der Waals surface area contributed by atoms with E-state index < -0.39 is 0 Å². The number of halogens is 2. The normalized spacial score (nSPS) is 10.6. The molecule has 0 saturated heterocycles. The van der Waals surface area contributed by atoms with E-state index in [9.17, 15) is 4.39 Å². The minimum absolute atomic E-state index is 0.232. The number of nitrogens with two attached hydrogens (primary N) is 1. The van der Waals surface area contributed by atoms with Gasteiger partial charge in [-0.05, 0) is 53.8 Å². The molecule has 0 unspecified atom stereocenters. The number of anilines is 1. The largest absolute Gasteiger partial charge is 0.383 e. The summed E-state index contributed by atoms with van der Waals surface area (Å²) < 4.78 is 13.6. The molecule has 1 aromatic heterocycles. The molecule has 6 heteroatoms. The minimum atomic E-state index is -0.232. The van der Waals surface area contributed by atoms with Crippen molar-refractivity contribution >= 4 is 40.2 Å². The standard InChI is InChI=1S/C12H11FIN3S/c1-7-11(14)12(15)17-10(16-7)6-18-9-4-2-8(13)3-5-9/h2-5H,6H2,1H3,(H2,15,16,17). The van der Waals surface area contributed by atoms with E-state index in [1.165, 1.54) is 12.1 Å². The Bertz CT molecular complexity index is 537. The number of hydrogen-bond acceptors (Lipinski definition) is 4. The number of nitrogens with zero attached hydrogens (tertiary/aromatic N) is 2. The van der Waals surface area contributed by atoms with Crippen molar-refractivity contribution < 1.29 is 4.39 Å². The molecular weight excluding hydrogens is 364 g/mol. The fourth-order valence-corrected chi connectivity index (χ4v) is 2.38. The van der Waals surface area contributed by atoms with Crippen molar-refractivity contribution in [3.8, 4) is 0 Å². The minimum Gasteiger partial charge on any atom is -0.383 e. The number of aromatic nitrogens is 2.